The van der Waals surface area contributed by atoms with Gasteiger partial charge < -0.3 is 10.4 Å². The first-order valence-corrected chi connectivity index (χ1v) is 6.39. The third-order valence-electron chi connectivity index (χ3n) is 2.65. The molecule has 5 nitrogen and oxygen atoms in total. The van der Waals surface area contributed by atoms with E-state index in [2.05, 4.69) is 10.4 Å². The summed E-state index contributed by atoms with van der Waals surface area (Å²) in [4.78, 5) is 11.5. The van der Waals surface area contributed by atoms with Crippen LogP contribution in [-0.2, 0) is 23.9 Å². The number of amides is 1. The van der Waals surface area contributed by atoms with Crippen molar-refractivity contribution in [3.8, 4) is 0 Å². The molecule has 0 radical (unpaired) electrons. The van der Waals surface area contributed by atoms with Crippen molar-refractivity contribution in [2.45, 2.75) is 38.9 Å². The molecule has 0 bridgehead atoms. The molecule has 114 valence electrons. The van der Waals surface area contributed by atoms with E-state index in [-0.39, 0.29) is 24.4 Å². The number of halogens is 3. The Morgan fingerprint density at radius 1 is 1.50 bits per heavy atom. The molecule has 0 aliphatic rings. The topological polar surface area (TPSA) is 67.2 Å². The van der Waals surface area contributed by atoms with Gasteiger partial charge in [-0.15, -0.1) is 0 Å². The van der Waals surface area contributed by atoms with Gasteiger partial charge in [0, 0.05) is 24.9 Å². The number of hydrogen-bond acceptors (Lipinski definition) is 3. The Balaban J connectivity index is 2.74. The summed E-state index contributed by atoms with van der Waals surface area (Å²) in [5.74, 6) is -0.384. The van der Waals surface area contributed by atoms with Crippen molar-refractivity contribution in [2.75, 3.05) is 13.2 Å². The summed E-state index contributed by atoms with van der Waals surface area (Å²) in [5.41, 5.74) is -1.16. The summed E-state index contributed by atoms with van der Waals surface area (Å²) in [6.45, 7) is 1.79. The molecular weight excluding hydrogens is 275 g/mol. The molecule has 1 aromatic heterocycles. The van der Waals surface area contributed by atoms with E-state index in [0.717, 1.165) is 23.7 Å². The van der Waals surface area contributed by atoms with E-state index in [1.807, 2.05) is 6.92 Å². The third kappa shape index (κ3) is 4.84. The van der Waals surface area contributed by atoms with Crippen LogP contribution in [0.5, 0.6) is 0 Å². The fourth-order valence-electron chi connectivity index (χ4n) is 1.69. The number of nitrogens with one attached hydrogen (secondary N) is 1. The van der Waals surface area contributed by atoms with Crippen LogP contribution in [-0.4, -0.2) is 33.9 Å². The van der Waals surface area contributed by atoms with Gasteiger partial charge in [0.1, 0.15) is 6.54 Å². The standard InChI is InChI=1S/C12H18F3N3O2/c1-2-3-5-16-10(20)8-18-7-9(4-6-19)11(17-18)12(13,14)15/h7,19H,2-6,8H2,1H3,(H,16,20). The fraction of sp³-hybridized carbons (Fsp3) is 0.667. The van der Waals surface area contributed by atoms with E-state index in [0.29, 0.717) is 6.54 Å². The molecule has 0 fully saturated rings. The highest BCUT2D eigenvalue weighted by Gasteiger charge is 2.36. The first-order chi connectivity index (χ1) is 9.38. The van der Waals surface area contributed by atoms with Crippen LogP contribution in [0.15, 0.2) is 6.20 Å². The minimum absolute atomic E-state index is 0.110. The first kappa shape index (κ1) is 16.5. The Bertz CT molecular complexity index is 444. The minimum Gasteiger partial charge on any atom is -0.396 e. The van der Waals surface area contributed by atoms with Gasteiger partial charge in [0.05, 0.1) is 0 Å². The number of alkyl halides is 3. The maximum Gasteiger partial charge on any atom is 0.435 e. The summed E-state index contributed by atoms with van der Waals surface area (Å²) in [6.07, 6.45) is -1.85. The monoisotopic (exact) mass is 293 g/mol. The maximum absolute atomic E-state index is 12.7. The van der Waals surface area contributed by atoms with Gasteiger partial charge in [-0.1, -0.05) is 13.3 Å². The van der Waals surface area contributed by atoms with E-state index in [1.54, 1.807) is 0 Å². The Morgan fingerprint density at radius 3 is 2.75 bits per heavy atom. The largest absolute Gasteiger partial charge is 0.435 e. The quantitative estimate of drug-likeness (QED) is 0.746. The van der Waals surface area contributed by atoms with Crippen LogP contribution in [0.3, 0.4) is 0 Å². The molecule has 1 rings (SSSR count). The highest BCUT2D eigenvalue weighted by atomic mass is 19.4. The average Bonchev–Trinajstić information content (AvgIpc) is 2.72. The number of unbranched alkanes of at least 4 members (excludes halogenated alkanes) is 1. The van der Waals surface area contributed by atoms with Gasteiger partial charge in [0.15, 0.2) is 5.69 Å². The van der Waals surface area contributed by atoms with Gasteiger partial charge in [0.2, 0.25) is 5.91 Å². The van der Waals surface area contributed by atoms with Crippen molar-refractivity contribution in [3.63, 3.8) is 0 Å². The summed E-state index contributed by atoms with van der Waals surface area (Å²) < 4.78 is 39.1. The fourth-order valence-corrected chi connectivity index (χ4v) is 1.69. The number of carbonyl (C=O) groups is 1. The Kier molecular flexibility index (Phi) is 6.00. The van der Waals surface area contributed by atoms with E-state index in [1.165, 1.54) is 0 Å². The maximum atomic E-state index is 12.7. The van der Waals surface area contributed by atoms with Crippen LogP contribution in [0.4, 0.5) is 13.2 Å². The minimum atomic E-state index is -4.59. The number of rotatable bonds is 7. The smallest absolute Gasteiger partial charge is 0.396 e. The summed E-state index contributed by atoms with van der Waals surface area (Å²) >= 11 is 0. The number of aliphatic hydroxyl groups excluding tert-OH is 1. The molecule has 1 amide bonds. The molecule has 0 unspecified atom stereocenters. The molecule has 1 aromatic rings. The molecule has 0 spiro atoms. The van der Waals surface area contributed by atoms with Crippen LogP contribution in [0.1, 0.15) is 31.0 Å². The molecule has 2 N–H and O–H groups in total. The molecule has 0 saturated carbocycles. The van der Waals surface area contributed by atoms with Gasteiger partial charge in [-0.25, -0.2) is 0 Å². The second-order valence-electron chi connectivity index (χ2n) is 4.38. The molecule has 0 aromatic carbocycles. The number of aliphatic hydroxyl groups is 1. The molecule has 0 atom stereocenters. The lowest BCUT2D eigenvalue weighted by atomic mass is 10.2. The van der Waals surface area contributed by atoms with E-state index in [9.17, 15) is 18.0 Å². The van der Waals surface area contributed by atoms with Gasteiger partial charge in [0.25, 0.3) is 0 Å². The number of carbonyl (C=O) groups excluding carboxylic acids is 1. The normalized spacial score (nSPS) is 11.7. The Labute approximate surface area is 114 Å². The highest BCUT2D eigenvalue weighted by molar-refractivity contribution is 5.75. The zero-order valence-corrected chi connectivity index (χ0v) is 11.2. The van der Waals surface area contributed by atoms with Crippen molar-refractivity contribution in [2.24, 2.45) is 0 Å². The molecular formula is C12H18F3N3O2. The number of hydrogen-bond donors (Lipinski definition) is 2. The molecule has 0 aliphatic carbocycles. The second kappa shape index (κ2) is 7.28. The Morgan fingerprint density at radius 2 is 2.20 bits per heavy atom. The van der Waals surface area contributed by atoms with E-state index >= 15 is 0 Å². The molecule has 20 heavy (non-hydrogen) atoms. The van der Waals surface area contributed by atoms with Crippen molar-refractivity contribution in [1.29, 1.82) is 0 Å². The van der Waals surface area contributed by atoms with Crippen LogP contribution in [0, 0.1) is 0 Å². The van der Waals surface area contributed by atoms with Gasteiger partial charge in [-0.3, -0.25) is 9.48 Å². The van der Waals surface area contributed by atoms with Crippen molar-refractivity contribution in [3.05, 3.63) is 17.5 Å². The SMILES string of the molecule is CCCCNC(=O)Cn1cc(CCO)c(C(F)(F)F)n1. The molecule has 8 heteroatoms. The second-order valence-corrected chi connectivity index (χ2v) is 4.38. The highest BCUT2D eigenvalue weighted by Crippen LogP contribution is 2.30. The summed E-state index contributed by atoms with van der Waals surface area (Å²) in [5, 5.41) is 14.7. The summed E-state index contributed by atoms with van der Waals surface area (Å²) in [7, 11) is 0. The van der Waals surface area contributed by atoms with Crippen molar-refractivity contribution < 1.29 is 23.1 Å². The van der Waals surface area contributed by atoms with Crippen molar-refractivity contribution in [1.82, 2.24) is 15.1 Å². The predicted octanol–water partition coefficient (Wildman–Crippen LogP) is 1.35. The van der Waals surface area contributed by atoms with Crippen LogP contribution >= 0.6 is 0 Å². The van der Waals surface area contributed by atoms with Crippen LogP contribution in [0.25, 0.3) is 0 Å². The van der Waals surface area contributed by atoms with Crippen molar-refractivity contribution >= 4 is 5.91 Å². The van der Waals surface area contributed by atoms with Gasteiger partial charge in [-0.2, -0.15) is 18.3 Å². The third-order valence-corrected chi connectivity index (χ3v) is 2.65. The zero-order valence-electron chi connectivity index (χ0n) is 11.2. The lowest BCUT2D eigenvalue weighted by Gasteiger charge is -2.05. The van der Waals surface area contributed by atoms with E-state index in [4.69, 9.17) is 5.11 Å². The van der Waals surface area contributed by atoms with Crippen LogP contribution < -0.4 is 5.32 Å². The van der Waals surface area contributed by atoms with E-state index < -0.39 is 18.5 Å². The molecule has 0 aliphatic heterocycles. The average molecular weight is 293 g/mol. The first-order valence-electron chi connectivity index (χ1n) is 6.39. The lowest BCUT2D eigenvalue weighted by Crippen LogP contribution is -2.28. The Hall–Kier alpha value is -1.57. The zero-order chi connectivity index (χ0) is 15.2. The predicted molar refractivity (Wildman–Crippen MR) is 65.9 cm³/mol. The summed E-state index contributed by atoms with van der Waals surface area (Å²) in [6, 6.07) is 0. The van der Waals surface area contributed by atoms with Crippen LogP contribution in [0.2, 0.25) is 0 Å². The number of aromatic nitrogens is 2. The number of nitrogens with zero attached hydrogens (tertiary/aromatic N) is 2. The molecule has 1 heterocycles. The molecule has 0 saturated heterocycles. The van der Waals surface area contributed by atoms with Gasteiger partial charge >= 0.3 is 6.18 Å². The van der Waals surface area contributed by atoms with Gasteiger partial charge in [-0.05, 0) is 12.8 Å². The lowest BCUT2D eigenvalue weighted by molar-refractivity contribution is -0.142.